The van der Waals surface area contributed by atoms with Gasteiger partial charge in [0.15, 0.2) is 0 Å². The first kappa shape index (κ1) is 16.5. The van der Waals surface area contributed by atoms with Gasteiger partial charge in [0.2, 0.25) is 11.8 Å². The molecule has 0 aromatic carbocycles. The van der Waals surface area contributed by atoms with Crippen LogP contribution in [0.3, 0.4) is 0 Å². The van der Waals surface area contributed by atoms with Crippen LogP contribution in [0.1, 0.15) is 49.9 Å². The zero-order chi connectivity index (χ0) is 16.2. The number of carbonyl (C=O) groups excluding carboxylic acids is 2. The van der Waals surface area contributed by atoms with Gasteiger partial charge in [-0.3, -0.25) is 9.59 Å². The Morgan fingerprint density at radius 1 is 1.43 bits per heavy atom. The minimum atomic E-state index is -0.232. The second-order valence-corrected chi connectivity index (χ2v) is 7.30. The molecule has 126 valence electrons. The highest BCUT2D eigenvalue weighted by Crippen LogP contribution is 2.30. The van der Waals surface area contributed by atoms with Crippen LogP contribution in [0.15, 0.2) is 17.5 Å². The predicted molar refractivity (Wildman–Crippen MR) is 89.2 cm³/mol. The summed E-state index contributed by atoms with van der Waals surface area (Å²) in [5.74, 6) is 0.0195. The number of hydrogen-bond acceptors (Lipinski definition) is 4. The zero-order valence-corrected chi connectivity index (χ0v) is 14.3. The third kappa shape index (κ3) is 3.93. The molecule has 6 heteroatoms. The van der Waals surface area contributed by atoms with Crippen molar-refractivity contribution in [3.63, 3.8) is 0 Å². The summed E-state index contributed by atoms with van der Waals surface area (Å²) in [6, 6.07) is 3.91. The van der Waals surface area contributed by atoms with E-state index in [0.29, 0.717) is 19.6 Å². The zero-order valence-electron chi connectivity index (χ0n) is 13.5. The van der Waals surface area contributed by atoms with E-state index in [-0.39, 0.29) is 30.0 Å². The fourth-order valence-corrected chi connectivity index (χ4v) is 4.43. The lowest BCUT2D eigenvalue weighted by molar-refractivity contribution is -0.150. The normalized spacial score (nSPS) is 25.5. The van der Waals surface area contributed by atoms with Crippen molar-refractivity contribution in [2.24, 2.45) is 0 Å². The number of amides is 2. The molecule has 1 N–H and O–H groups in total. The first-order valence-corrected chi connectivity index (χ1v) is 9.24. The molecule has 2 fully saturated rings. The van der Waals surface area contributed by atoms with Gasteiger partial charge in [-0.2, -0.15) is 0 Å². The summed E-state index contributed by atoms with van der Waals surface area (Å²) in [6.45, 7) is 2.78. The summed E-state index contributed by atoms with van der Waals surface area (Å²) >= 11 is 1.57. The van der Waals surface area contributed by atoms with E-state index in [0.717, 1.165) is 24.1 Å². The maximum absolute atomic E-state index is 12.9. The summed E-state index contributed by atoms with van der Waals surface area (Å²) in [6.07, 6.45) is 4.95. The van der Waals surface area contributed by atoms with Gasteiger partial charge < -0.3 is 15.0 Å². The smallest absolute Gasteiger partial charge is 0.225 e. The predicted octanol–water partition coefficient (Wildman–Crippen LogP) is 2.49. The minimum Gasteiger partial charge on any atom is -0.374 e. The molecule has 2 aliphatic rings. The Labute approximate surface area is 141 Å². The van der Waals surface area contributed by atoms with Crippen LogP contribution in [0, 0.1) is 0 Å². The highest BCUT2D eigenvalue weighted by Gasteiger charge is 2.37. The second kappa shape index (κ2) is 7.45. The van der Waals surface area contributed by atoms with Crippen LogP contribution in [0.25, 0.3) is 0 Å². The van der Waals surface area contributed by atoms with Crippen LogP contribution in [-0.2, 0) is 14.3 Å². The maximum Gasteiger partial charge on any atom is 0.225 e. The van der Waals surface area contributed by atoms with Crippen LogP contribution in [0.2, 0.25) is 0 Å². The van der Waals surface area contributed by atoms with Crippen molar-refractivity contribution in [1.82, 2.24) is 10.2 Å². The number of morpholine rings is 1. The number of fused-ring (bicyclic) bond motifs is 1. The molecule has 1 aliphatic carbocycles. The van der Waals surface area contributed by atoms with Gasteiger partial charge in [0, 0.05) is 18.3 Å². The van der Waals surface area contributed by atoms with Crippen molar-refractivity contribution in [3.05, 3.63) is 22.4 Å². The largest absolute Gasteiger partial charge is 0.374 e. The Hall–Kier alpha value is -1.40. The average molecular weight is 336 g/mol. The average Bonchev–Trinajstić information content (AvgIpc) is 3.07. The first-order chi connectivity index (χ1) is 11.1. The molecule has 1 saturated carbocycles. The van der Waals surface area contributed by atoms with E-state index in [1.807, 2.05) is 22.4 Å². The Morgan fingerprint density at radius 3 is 3.00 bits per heavy atom. The number of rotatable bonds is 4. The van der Waals surface area contributed by atoms with Gasteiger partial charge in [-0.1, -0.05) is 18.9 Å². The number of nitrogens with one attached hydrogen (secondary N) is 1. The van der Waals surface area contributed by atoms with Crippen molar-refractivity contribution >= 4 is 23.2 Å². The molecule has 3 atom stereocenters. The topological polar surface area (TPSA) is 58.6 Å². The first-order valence-electron chi connectivity index (χ1n) is 8.36. The summed E-state index contributed by atoms with van der Waals surface area (Å²) in [5, 5.41) is 4.89. The van der Waals surface area contributed by atoms with E-state index in [9.17, 15) is 9.59 Å². The van der Waals surface area contributed by atoms with Gasteiger partial charge >= 0.3 is 0 Å². The van der Waals surface area contributed by atoms with E-state index in [1.54, 1.807) is 11.3 Å². The molecule has 0 bridgehead atoms. The summed E-state index contributed by atoms with van der Waals surface area (Å²) in [5.41, 5.74) is 0. The fraction of sp³-hybridized carbons (Fsp3) is 0.647. The van der Waals surface area contributed by atoms with Crippen LogP contribution in [0.5, 0.6) is 0 Å². The number of nitrogens with zero attached hydrogens (tertiary/aromatic N) is 1. The van der Waals surface area contributed by atoms with Crippen molar-refractivity contribution in [1.29, 1.82) is 0 Å². The number of ether oxygens (including phenoxy) is 1. The van der Waals surface area contributed by atoms with Crippen molar-refractivity contribution < 1.29 is 14.3 Å². The molecule has 1 aliphatic heterocycles. The Bertz CT molecular complexity index is 544. The third-order valence-corrected chi connectivity index (χ3v) is 5.68. The summed E-state index contributed by atoms with van der Waals surface area (Å²) in [7, 11) is 0. The number of carbonyl (C=O) groups is 2. The monoisotopic (exact) mass is 336 g/mol. The Morgan fingerprint density at radius 2 is 2.26 bits per heavy atom. The highest BCUT2D eigenvalue weighted by molar-refractivity contribution is 7.10. The van der Waals surface area contributed by atoms with E-state index >= 15 is 0 Å². The maximum atomic E-state index is 12.9. The van der Waals surface area contributed by atoms with E-state index in [4.69, 9.17) is 4.74 Å². The summed E-state index contributed by atoms with van der Waals surface area (Å²) < 4.78 is 5.84. The van der Waals surface area contributed by atoms with E-state index in [1.165, 1.54) is 13.3 Å². The SMILES string of the molecule is CC(=O)N[C@H](CC(=O)N1CCO[C@@H]2CCCC[C@@H]21)c1cccs1. The van der Waals surface area contributed by atoms with E-state index < -0.39 is 0 Å². The standard InChI is InChI=1S/C17H24N2O3S/c1-12(20)18-13(16-7-4-10-23-16)11-17(21)19-8-9-22-15-6-3-2-5-14(15)19/h4,7,10,13-15H,2-3,5-6,8-9,11H2,1H3,(H,18,20)/t13-,14+,15-/m1/s1. The molecule has 2 heterocycles. The van der Waals surface area contributed by atoms with Gasteiger partial charge in [-0.15, -0.1) is 11.3 Å². The van der Waals surface area contributed by atoms with Gasteiger partial charge in [0.25, 0.3) is 0 Å². The number of hydrogen-bond donors (Lipinski definition) is 1. The molecule has 1 aromatic rings. The molecular weight excluding hydrogens is 312 g/mol. The van der Waals surface area contributed by atoms with E-state index in [2.05, 4.69) is 5.32 Å². The molecule has 3 rings (SSSR count). The molecule has 0 unspecified atom stereocenters. The lowest BCUT2D eigenvalue weighted by Gasteiger charge is -2.44. The third-order valence-electron chi connectivity index (χ3n) is 4.70. The van der Waals surface area contributed by atoms with Crippen LogP contribution in [-0.4, -0.2) is 42.0 Å². The van der Waals surface area contributed by atoms with Gasteiger partial charge in [-0.25, -0.2) is 0 Å². The van der Waals surface area contributed by atoms with Crippen LogP contribution in [0.4, 0.5) is 0 Å². The van der Waals surface area contributed by atoms with Gasteiger partial charge in [-0.05, 0) is 24.3 Å². The lowest BCUT2D eigenvalue weighted by atomic mass is 9.89. The van der Waals surface area contributed by atoms with Crippen molar-refractivity contribution in [2.45, 2.75) is 57.2 Å². The van der Waals surface area contributed by atoms with Crippen LogP contribution < -0.4 is 5.32 Å². The highest BCUT2D eigenvalue weighted by atomic mass is 32.1. The second-order valence-electron chi connectivity index (χ2n) is 6.32. The van der Waals surface area contributed by atoms with Gasteiger partial charge in [0.05, 0.1) is 31.2 Å². The minimum absolute atomic E-state index is 0.103. The molecular formula is C17H24N2O3S. The van der Waals surface area contributed by atoms with Gasteiger partial charge in [0.1, 0.15) is 0 Å². The Kier molecular flexibility index (Phi) is 5.33. The fourth-order valence-electron chi connectivity index (χ4n) is 3.66. The summed E-state index contributed by atoms with van der Waals surface area (Å²) in [4.78, 5) is 27.4. The molecule has 1 aromatic heterocycles. The van der Waals surface area contributed by atoms with Crippen LogP contribution >= 0.6 is 11.3 Å². The molecule has 1 saturated heterocycles. The molecule has 0 spiro atoms. The molecule has 5 nitrogen and oxygen atoms in total. The molecule has 23 heavy (non-hydrogen) atoms. The number of thiophene rings is 1. The molecule has 2 amide bonds. The lowest BCUT2D eigenvalue weighted by Crippen LogP contribution is -2.55. The quantitative estimate of drug-likeness (QED) is 0.919. The van der Waals surface area contributed by atoms with Crippen molar-refractivity contribution in [3.8, 4) is 0 Å². The molecule has 0 radical (unpaired) electrons. The van der Waals surface area contributed by atoms with Crippen molar-refractivity contribution in [2.75, 3.05) is 13.2 Å². The Balaban J connectivity index is 1.69.